The molecule has 1 atom stereocenters. The van der Waals surface area contributed by atoms with Crippen LogP contribution >= 0.6 is 33.9 Å². The van der Waals surface area contributed by atoms with E-state index in [2.05, 4.69) is 15.4 Å². The summed E-state index contributed by atoms with van der Waals surface area (Å²) in [5.74, 6) is 0. The Morgan fingerprint density at radius 2 is 2.13 bits per heavy atom. The number of hydrogen-bond donors (Lipinski definition) is 0. The molecule has 2 aromatic rings. The molecule has 1 aliphatic rings. The Kier molecular flexibility index (Phi) is 3.21. The quantitative estimate of drug-likeness (QED) is 0.672. The van der Waals surface area contributed by atoms with E-state index in [4.69, 9.17) is 10.7 Å². The minimum atomic E-state index is -0.439. The number of benzene rings is 1. The molecule has 1 aliphatic heterocycles. The SMILES string of the molecule is Cl.ClS1=Nc2ccc3ccncc3c2S1. The summed E-state index contributed by atoms with van der Waals surface area (Å²) in [5.41, 5.74) is 0.994. The minimum absolute atomic E-state index is 0. The Hall–Kier alpha value is -0.290. The van der Waals surface area contributed by atoms with Crippen molar-refractivity contribution in [3.05, 3.63) is 30.6 Å². The molecule has 2 nitrogen and oxygen atoms in total. The van der Waals surface area contributed by atoms with Crippen molar-refractivity contribution in [3.63, 3.8) is 0 Å². The fourth-order valence-electron chi connectivity index (χ4n) is 1.45. The second kappa shape index (κ2) is 4.29. The van der Waals surface area contributed by atoms with Crippen LogP contribution in [0.5, 0.6) is 0 Å². The van der Waals surface area contributed by atoms with E-state index in [1.165, 1.54) is 5.39 Å². The van der Waals surface area contributed by atoms with Gasteiger partial charge in [0, 0.05) is 17.8 Å². The summed E-state index contributed by atoms with van der Waals surface area (Å²) in [6.07, 6.45) is 3.67. The third-order valence-electron chi connectivity index (χ3n) is 2.08. The molecule has 0 spiro atoms. The van der Waals surface area contributed by atoms with Crippen LogP contribution in [0.4, 0.5) is 5.69 Å². The Morgan fingerprint density at radius 3 is 3.00 bits per heavy atom. The maximum atomic E-state index is 5.98. The molecular weight excluding hydrogens is 271 g/mol. The number of halogens is 2. The Balaban J connectivity index is 0.000000853. The van der Waals surface area contributed by atoms with Gasteiger partial charge in [-0.2, -0.15) is 0 Å². The maximum Gasteiger partial charge on any atom is 0.0878 e. The molecule has 0 saturated heterocycles. The maximum absolute atomic E-state index is 5.98. The van der Waals surface area contributed by atoms with Crippen molar-refractivity contribution < 1.29 is 0 Å². The molecule has 0 N–H and O–H groups in total. The fourth-order valence-corrected chi connectivity index (χ4v) is 4.53. The smallest absolute Gasteiger partial charge is 0.0878 e. The summed E-state index contributed by atoms with van der Waals surface area (Å²) < 4.78 is 4.33. The third kappa shape index (κ3) is 1.87. The van der Waals surface area contributed by atoms with Gasteiger partial charge in [-0.1, -0.05) is 6.07 Å². The Bertz CT molecular complexity index is 557. The average molecular weight is 277 g/mol. The van der Waals surface area contributed by atoms with Crippen LogP contribution in [-0.4, -0.2) is 4.98 Å². The zero-order chi connectivity index (χ0) is 9.54. The fraction of sp³-hybridized carbons (Fsp3) is 0. The van der Waals surface area contributed by atoms with E-state index in [0.717, 1.165) is 16.0 Å². The number of hydrogen-bond acceptors (Lipinski definition) is 3. The van der Waals surface area contributed by atoms with Gasteiger partial charge in [0.25, 0.3) is 0 Å². The number of rotatable bonds is 0. The number of fused-ring (bicyclic) bond motifs is 3. The van der Waals surface area contributed by atoms with Crippen molar-refractivity contribution in [2.75, 3.05) is 0 Å². The number of aromatic nitrogens is 1. The van der Waals surface area contributed by atoms with E-state index in [9.17, 15) is 0 Å². The predicted octanol–water partition coefficient (Wildman–Crippen LogP) is 4.26. The van der Waals surface area contributed by atoms with Crippen LogP contribution in [0.1, 0.15) is 0 Å². The van der Waals surface area contributed by atoms with E-state index in [0.29, 0.717) is 0 Å². The molecular formula is C9H6Cl2N2S2. The summed E-state index contributed by atoms with van der Waals surface area (Å²) >= 11 is 0. The zero-order valence-corrected chi connectivity index (χ0v) is 10.6. The van der Waals surface area contributed by atoms with E-state index in [-0.39, 0.29) is 12.4 Å². The standard InChI is InChI=1S/C9H5ClN2S2.ClH/c10-14-12-8-2-1-6-3-4-11-5-7(6)9(8)13-14;/h1-5H;1H. The van der Waals surface area contributed by atoms with Crippen LogP contribution in [0.2, 0.25) is 0 Å². The summed E-state index contributed by atoms with van der Waals surface area (Å²) in [4.78, 5) is 5.28. The third-order valence-corrected chi connectivity index (χ3v) is 5.06. The lowest BCUT2D eigenvalue weighted by Crippen LogP contribution is -1.77. The van der Waals surface area contributed by atoms with Gasteiger partial charge in [-0.05, 0) is 39.0 Å². The van der Waals surface area contributed by atoms with E-state index in [1.54, 1.807) is 17.0 Å². The lowest BCUT2D eigenvalue weighted by molar-refractivity contribution is 1.34. The lowest BCUT2D eigenvalue weighted by atomic mass is 10.1. The van der Waals surface area contributed by atoms with Gasteiger partial charge in [-0.3, -0.25) is 4.98 Å². The number of nitrogens with zero attached hydrogens (tertiary/aromatic N) is 2. The normalized spacial score (nSPS) is 18.1. The number of pyridine rings is 1. The van der Waals surface area contributed by atoms with Gasteiger partial charge >= 0.3 is 0 Å². The first-order valence-electron chi connectivity index (χ1n) is 4.02. The molecule has 0 fully saturated rings. The van der Waals surface area contributed by atoms with E-state index >= 15 is 0 Å². The summed E-state index contributed by atoms with van der Waals surface area (Å²) in [6.45, 7) is 0. The molecule has 0 aliphatic carbocycles. The highest BCUT2D eigenvalue weighted by molar-refractivity contribution is 8.78. The zero-order valence-electron chi connectivity index (χ0n) is 7.38. The molecule has 1 unspecified atom stereocenters. The van der Waals surface area contributed by atoms with Gasteiger partial charge in [-0.15, -0.1) is 12.4 Å². The first-order valence-corrected chi connectivity index (χ1v) is 7.36. The molecule has 78 valence electrons. The summed E-state index contributed by atoms with van der Waals surface area (Å²) in [6, 6.07) is 6.07. The Labute approximate surface area is 104 Å². The molecule has 0 saturated carbocycles. The highest BCUT2D eigenvalue weighted by Crippen LogP contribution is 2.45. The van der Waals surface area contributed by atoms with E-state index < -0.39 is 8.94 Å². The van der Waals surface area contributed by atoms with Crippen molar-refractivity contribution in [2.24, 2.45) is 4.36 Å². The van der Waals surface area contributed by atoms with Crippen molar-refractivity contribution in [3.8, 4) is 0 Å². The van der Waals surface area contributed by atoms with Crippen molar-refractivity contribution in [2.45, 2.75) is 4.90 Å². The summed E-state index contributed by atoms with van der Waals surface area (Å²) in [7, 11) is 7.15. The van der Waals surface area contributed by atoms with E-state index in [1.807, 2.05) is 18.3 Å². The topological polar surface area (TPSA) is 25.2 Å². The van der Waals surface area contributed by atoms with Crippen LogP contribution in [0.3, 0.4) is 0 Å². The molecule has 6 heteroatoms. The monoisotopic (exact) mass is 276 g/mol. The average Bonchev–Trinajstić information content (AvgIpc) is 2.59. The molecule has 1 aromatic heterocycles. The largest absolute Gasteiger partial charge is 0.264 e. The van der Waals surface area contributed by atoms with Gasteiger partial charge in [-0.25, -0.2) is 4.36 Å². The highest BCUT2D eigenvalue weighted by Gasteiger charge is 2.15. The van der Waals surface area contributed by atoms with Gasteiger partial charge in [0.15, 0.2) is 0 Å². The molecule has 2 heterocycles. The molecule has 0 bridgehead atoms. The van der Waals surface area contributed by atoms with Crippen LogP contribution in [0, 0.1) is 0 Å². The lowest BCUT2D eigenvalue weighted by Gasteiger charge is -2.00. The van der Waals surface area contributed by atoms with Gasteiger partial charge in [0.1, 0.15) is 0 Å². The second-order valence-electron chi connectivity index (χ2n) is 2.89. The van der Waals surface area contributed by atoms with Crippen molar-refractivity contribution >= 4 is 59.3 Å². The minimum Gasteiger partial charge on any atom is -0.264 e. The molecule has 0 radical (unpaired) electrons. The van der Waals surface area contributed by atoms with Crippen LogP contribution in [0.25, 0.3) is 10.8 Å². The van der Waals surface area contributed by atoms with Gasteiger partial charge < -0.3 is 0 Å². The molecule has 0 amide bonds. The first-order chi connectivity index (χ1) is 6.84. The molecule has 1 aromatic carbocycles. The van der Waals surface area contributed by atoms with Crippen LogP contribution in [-0.2, 0) is 8.94 Å². The summed E-state index contributed by atoms with van der Waals surface area (Å²) in [5, 5.41) is 2.34. The van der Waals surface area contributed by atoms with Gasteiger partial charge in [0.05, 0.1) is 19.5 Å². The second-order valence-corrected chi connectivity index (χ2v) is 6.94. The molecule has 3 rings (SSSR count). The highest BCUT2D eigenvalue weighted by atomic mass is 35.7. The predicted molar refractivity (Wildman–Crippen MR) is 70.2 cm³/mol. The van der Waals surface area contributed by atoms with Crippen molar-refractivity contribution in [1.82, 2.24) is 4.98 Å². The van der Waals surface area contributed by atoms with Crippen LogP contribution in [0.15, 0.2) is 39.9 Å². The molecule has 15 heavy (non-hydrogen) atoms. The van der Waals surface area contributed by atoms with Crippen molar-refractivity contribution in [1.29, 1.82) is 0 Å². The Morgan fingerprint density at radius 1 is 1.27 bits per heavy atom. The van der Waals surface area contributed by atoms with Gasteiger partial charge in [0.2, 0.25) is 0 Å². The van der Waals surface area contributed by atoms with Crippen LogP contribution < -0.4 is 0 Å². The first kappa shape index (κ1) is 11.2.